The highest BCUT2D eigenvalue weighted by atomic mass is 16.7. The van der Waals surface area contributed by atoms with Gasteiger partial charge in [0.1, 0.15) is 17.9 Å². The molecule has 0 saturated carbocycles. The first kappa shape index (κ1) is 20.8. The molecule has 1 fully saturated rings. The Labute approximate surface area is 158 Å². The molecule has 0 aromatic heterocycles. The average molecular weight is 377 g/mol. The van der Waals surface area contributed by atoms with Crippen LogP contribution in [0.15, 0.2) is 24.8 Å². The minimum atomic E-state index is -1.18. The third-order valence-corrected chi connectivity index (χ3v) is 4.68. The Hall–Kier alpha value is -2.52. The van der Waals surface area contributed by atoms with Crippen LogP contribution in [0, 0.1) is 0 Å². The highest BCUT2D eigenvalue weighted by molar-refractivity contribution is 6.64. The Bertz CT molecular complexity index is 744. The van der Waals surface area contributed by atoms with Gasteiger partial charge in [-0.15, -0.1) is 0 Å². The summed E-state index contributed by atoms with van der Waals surface area (Å²) in [6.45, 7) is 11.0. The van der Waals surface area contributed by atoms with E-state index >= 15 is 0 Å². The minimum Gasteiger partial charge on any atom is -0.496 e. The second-order valence-electron chi connectivity index (χ2n) is 7.05. The first-order valence-corrected chi connectivity index (χ1v) is 8.38. The van der Waals surface area contributed by atoms with Crippen LogP contribution in [-0.4, -0.2) is 49.2 Å². The van der Waals surface area contributed by atoms with Crippen LogP contribution in [0.4, 0.5) is 10.5 Å². The standard InChI is InChI=1S/C18H24BNO7/c1-7-8-25-16(23)20-13-10-14(24-6)11(15(21)22)9-12(13)19-26-17(2,3)18(4,5)27-19/h7,9-10H,1,8H2,2-6H3,(H,20,23)(H,21,22). The molecule has 8 nitrogen and oxygen atoms in total. The number of carboxylic acids is 1. The lowest BCUT2D eigenvalue weighted by molar-refractivity contribution is 0.00578. The van der Waals surface area contributed by atoms with E-state index in [1.165, 1.54) is 25.3 Å². The van der Waals surface area contributed by atoms with E-state index in [-0.39, 0.29) is 23.6 Å². The molecule has 9 heteroatoms. The van der Waals surface area contributed by atoms with Crippen molar-refractivity contribution in [3.63, 3.8) is 0 Å². The molecule has 146 valence electrons. The first-order chi connectivity index (χ1) is 12.5. The number of hydrogen-bond acceptors (Lipinski definition) is 6. The number of methoxy groups -OCH3 is 1. The van der Waals surface area contributed by atoms with Gasteiger partial charge in [0.25, 0.3) is 0 Å². The molecule has 1 heterocycles. The minimum absolute atomic E-state index is 0.0298. The highest BCUT2D eigenvalue weighted by Gasteiger charge is 2.52. The van der Waals surface area contributed by atoms with Crippen LogP contribution in [0.5, 0.6) is 5.75 Å². The van der Waals surface area contributed by atoms with E-state index in [2.05, 4.69) is 11.9 Å². The normalized spacial score (nSPS) is 17.3. The van der Waals surface area contributed by atoms with E-state index in [4.69, 9.17) is 18.8 Å². The van der Waals surface area contributed by atoms with Crippen LogP contribution in [-0.2, 0) is 14.0 Å². The number of anilines is 1. The van der Waals surface area contributed by atoms with Crippen LogP contribution < -0.4 is 15.5 Å². The molecule has 2 N–H and O–H groups in total. The molecule has 0 unspecified atom stereocenters. The zero-order valence-corrected chi connectivity index (χ0v) is 16.1. The monoisotopic (exact) mass is 377 g/mol. The fraction of sp³-hybridized carbons (Fsp3) is 0.444. The number of benzene rings is 1. The maximum absolute atomic E-state index is 12.0. The number of aromatic carboxylic acids is 1. The second-order valence-corrected chi connectivity index (χ2v) is 7.05. The Kier molecular flexibility index (Phi) is 5.86. The molecule has 1 aliphatic rings. The topological polar surface area (TPSA) is 103 Å². The maximum Gasteiger partial charge on any atom is 0.497 e. The molecule has 0 atom stereocenters. The van der Waals surface area contributed by atoms with Crippen molar-refractivity contribution >= 4 is 30.3 Å². The van der Waals surface area contributed by atoms with Gasteiger partial charge in [-0.3, -0.25) is 5.32 Å². The van der Waals surface area contributed by atoms with Gasteiger partial charge in [-0.1, -0.05) is 12.7 Å². The summed E-state index contributed by atoms with van der Waals surface area (Å²) >= 11 is 0. The third-order valence-electron chi connectivity index (χ3n) is 4.68. The van der Waals surface area contributed by atoms with Crippen LogP contribution >= 0.6 is 0 Å². The summed E-state index contributed by atoms with van der Waals surface area (Å²) < 4.78 is 22.1. The predicted octanol–water partition coefficient (Wildman–Crippen LogP) is 2.43. The largest absolute Gasteiger partial charge is 0.497 e. The summed E-state index contributed by atoms with van der Waals surface area (Å²) in [5.74, 6) is -1.09. The van der Waals surface area contributed by atoms with E-state index < -0.39 is 30.4 Å². The van der Waals surface area contributed by atoms with E-state index in [0.717, 1.165) is 0 Å². The van der Waals surface area contributed by atoms with Gasteiger partial charge in [0.05, 0.1) is 18.3 Å². The van der Waals surface area contributed by atoms with Crippen molar-refractivity contribution in [2.24, 2.45) is 0 Å². The SMILES string of the molecule is C=CCOC(=O)Nc1cc(OC)c(C(=O)O)cc1B1OC(C)(C)C(C)(C)O1. The van der Waals surface area contributed by atoms with Crippen molar-refractivity contribution in [1.29, 1.82) is 0 Å². The Balaban J connectivity index is 2.49. The molecular formula is C18H24BNO7. The fourth-order valence-corrected chi connectivity index (χ4v) is 2.49. The third kappa shape index (κ3) is 4.25. The molecule has 27 heavy (non-hydrogen) atoms. The zero-order chi connectivity index (χ0) is 20.4. The molecule has 1 aromatic rings. The number of carboxylic acid groups (broad SMARTS) is 1. The van der Waals surface area contributed by atoms with Gasteiger partial charge in [-0.25, -0.2) is 9.59 Å². The Morgan fingerprint density at radius 1 is 1.26 bits per heavy atom. The van der Waals surface area contributed by atoms with Crippen LogP contribution in [0.2, 0.25) is 0 Å². The maximum atomic E-state index is 12.0. The molecule has 1 saturated heterocycles. The van der Waals surface area contributed by atoms with Gasteiger partial charge in [-0.05, 0) is 33.8 Å². The van der Waals surface area contributed by atoms with Crippen LogP contribution in [0.25, 0.3) is 0 Å². The number of carbonyl (C=O) groups excluding carboxylic acids is 1. The molecule has 0 spiro atoms. The van der Waals surface area contributed by atoms with Crippen molar-refractivity contribution < 1.29 is 33.5 Å². The summed E-state index contributed by atoms with van der Waals surface area (Å²) in [5.41, 5.74) is -0.734. The molecule has 0 aliphatic carbocycles. The molecule has 1 aliphatic heterocycles. The number of carbonyl (C=O) groups is 2. The van der Waals surface area contributed by atoms with Gasteiger partial charge >= 0.3 is 19.2 Å². The fourth-order valence-electron chi connectivity index (χ4n) is 2.49. The van der Waals surface area contributed by atoms with Gasteiger partial charge in [0.15, 0.2) is 0 Å². The van der Waals surface area contributed by atoms with Crippen molar-refractivity contribution in [2.75, 3.05) is 19.0 Å². The molecule has 0 bridgehead atoms. The van der Waals surface area contributed by atoms with Crippen molar-refractivity contribution in [3.05, 3.63) is 30.4 Å². The van der Waals surface area contributed by atoms with Gasteiger partial charge in [0.2, 0.25) is 0 Å². The lowest BCUT2D eigenvalue weighted by Gasteiger charge is -2.32. The second kappa shape index (κ2) is 7.62. The number of ether oxygens (including phenoxy) is 2. The van der Waals surface area contributed by atoms with E-state index in [1.54, 1.807) is 0 Å². The summed E-state index contributed by atoms with van der Waals surface area (Å²) in [4.78, 5) is 23.6. The van der Waals surface area contributed by atoms with Gasteiger partial charge in [-0.2, -0.15) is 0 Å². The molecule has 0 radical (unpaired) electrons. The Morgan fingerprint density at radius 2 is 1.85 bits per heavy atom. The van der Waals surface area contributed by atoms with Crippen molar-refractivity contribution in [2.45, 2.75) is 38.9 Å². The summed E-state index contributed by atoms with van der Waals surface area (Å²) in [5, 5.41) is 12.0. The van der Waals surface area contributed by atoms with Crippen LogP contribution in [0.3, 0.4) is 0 Å². The van der Waals surface area contributed by atoms with Crippen LogP contribution in [0.1, 0.15) is 38.1 Å². The molecule has 2 rings (SSSR count). The molecular weight excluding hydrogens is 353 g/mol. The first-order valence-electron chi connectivity index (χ1n) is 8.38. The smallest absolute Gasteiger partial charge is 0.496 e. The van der Waals surface area contributed by atoms with Crippen molar-refractivity contribution in [3.8, 4) is 5.75 Å². The number of hydrogen-bond donors (Lipinski definition) is 2. The highest BCUT2D eigenvalue weighted by Crippen LogP contribution is 2.37. The summed E-state index contributed by atoms with van der Waals surface area (Å²) in [6.07, 6.45) is 0.709. The van der Waals surface area contributed by atoms with E-state index in [1.807, 2.05) is 27.7 Å². The molecule has 1 aromatic carbocycles. The van der Waals surface area contributed by atoms with Gasteiger partial charge < -0.3 is 23.9 Å². The average Bonchev–Trinajstić information content (AvgIpc) is 2.79. The summed E-state index contributed by atoms with van der Waals surface area (Å²) in [6, 6.07) is 2.77. The number of rotatable bonds is 6. The predicted molar refractivity (Wildman–Crippen MR) is 101 cm³/mol. The summed E-state index contributed by atoms with van der Waals surface area (Å²) in [7, 11) is 0.462. The van der Waals surface area contributed by atoms with Crippen molar-refractivity contribution in [1.82, 2.24) is 0 Å². The Morgan fingerprint density at radius 3 is 2.33 bits per heavy atom. The quantitative estimate of drug-likeness (QED) is 0.580. The van der Waals surface area contributed by atoms with Gasteiger partial charge in [0, 0.05) is 17.2 Å². The van der Waals surface area contributed by atoms with E-state index in [0.29, 0.717) is 5.46 Å². The lowest BCUT2D eigenvalue weighted by Crippen LogP contribution is -2.41. The van der Waals surface area contributed by atoms with E-state index in [9.17, 15) is 14.7 Å². The number of amides is 1. The molecule has 1 amide bonds. The lowest BCUT2D eigenvalue weighted by atomic mass is 9.76. The number of nitrogens with one attached hydrogen (secondary N) is 1. The zero-order valence-electron chi connectivity index (χ0n) is 16.1.